The van der Waals surface area contributed by atoms with Crippen molar-refractivity contribution in [3.8, 4) is 11.7 Å². The van der Waals surface area contributed by atoms with Crippen LogP contribution in [-0.4, -0.2) is 24.6 Å². The Kier molecular flexibility index (Phi) is 3.74. The number of nitrogens with zero attached hydrogens (tertiary/aromatic N) is 4. The molecule has 2 N–H and O–H groups in total. The minimum absolute atomic E-state index is 0.175. The highest BCUT2D eigenvalue weighted by Gasteiger charge is 2.10. The van der Waals surface area contributed by atoms with Gasteiger partial charge in [0.2, 0.25) is 5.95 Å². The van der Waals surface area contributed by atoms with E-state index in [9.17, 15) is 5.11 Å². The molecule has 0 aliphatic heterocycles. The topological polar surface area (TPSA) is 75.9 Å². The Labute approximate surface area is 148 Å². The molecule has 0 amide bonds. The number of aromatic nitrogens is 4. The van der Waals surface area contributed by atoms with Gasteiger partial charge in [-0.15, -0.1) is 0 Å². The number of phenolic OH excluding ortho intramolecular Hbond substituents is 1. The van der Waals surface area contributed by atoms with Crippen LogP contribution in [0.5, 0.6) is 5.75 Å². The van der Waals surface area contributed by atoms with Crippen molar-refractivity contribution in [3.05, 3.63) is 65.6 Å². The van der Waals surface area contributed by atoms with Crippen molar-refractivity contribution in [2.24, 2.45) is 0 Å². The van der Waals surface area contributed by atoms with Gasteiger partial charge in [0, 0.05) is 17.8 Å². The van der Waals surface area contributed by atoms with Gasteiger partial charge >= 0.3 is 0 Å². The van der Waals surface area contributed by atoms with Crippen molar-refractivity contribution in [3.63, 3.8) is 0 Å². The summed E-state index contributed by atoms with van der Waals surface area (Å²) in [7, 11) is 0. The number of phenols is 1. The summed E-state index contributed by atoms with van der Waals surface area (Å²) in [6.07, 6.45) is 1.67. The van der Waals surface area contributed by atoms with E-state index < -0.39 is 0 Å². The number of nitrogens with one attached hydrogen (secondary N) is 1. The minimum atomic E-state index is 0.175. The highest BCUT2D eigenvalue weighted by molar-refractivity contribution is 6.29. The lowest BCUT2D eigenvalue weighted by atomic mass is 10.2. The van der Waals surface area contributed by atoms with Crippen molar-refractivity contribution < 1.29 is 5.11 Å². The maximum absolute atomic E-state index is 9.68. The molecule has 7 heteroatoms. The van der Waals surface area contributed by atoms with Crippen molar-refractivity contribution in [2.75, 3.05) is 5.32 Å². The zero-order chi connectivity index (χ0) is 17.4. The molecule has 2 aromatic heterocycles. The van der Waals surface area contributed by atoms with Gasteiger partial charge in [0.25, 0.3) is 0 Å². The molecular formula is C18H14ClN5O. The average Bonchev–Trinajstić information content (AvgIpc) is 3.02. The van der Waals surface area contributed by atoms with Crippen LogP contribution in [0.25, 0.3) is 17.0 Å². The van der Waals surface area contributed by atoms with Crippen LogP contribution in [0.3, 0.4) is 0 Å². The zero-order valence-corrected chi connectivity index (χ0v) is 14.1. The SMILES string of the molecule is Cc1ccc(O)cc1Nc1cc(Cl)nc(-n2cnc3ccccc32)n1. The molecule has 0 fully saturated rings. The Morgan fingerprint density at radius 1 is 1.08 bits per heavy atom. The van der Waals surface area contributed by atoms with Gasteiger partial charge in [-0.05, 0) is 30.7 Å². The number of aryl methyl sites for hydroxylation is 1. The van der Waals surface area contributed by atoms with E-state index in [0.29, 0.717) is 16.9 Å². The molecular weight excluding hydrogens is 338 g/mol. The molecule has 0 atom stereocenters. The Morgan fingerprint density at radius 3 is 2.80 bits per heavy atom. The zero-order valence-electron chi connectivity index (χ0n) is 13.3. The number of rotatable bonds is 3. The van der Waals surface area contributed by atoms with Crippen LogP contribution in [0.15, 0.2) is 54.9 Å². The lowest BCUT2D eigenvalue weighted by Gasteiger charge is -2.11. The number of fused-ring (bicyclic) bond motifs is 1. The molecule has 124 valence electrons. The highest BCUT2D eigenvalue weighted by atomic mass is 35.5. The second-order valence-corrected chi connectivity index (χ2v) is 5.99. The summed E-state index contributed by atoms with van der Waals surface area (Å²) >= 11 is 6.18. The van der Waals surface area contributed by atoms with Gasteiger partial charge in [-0.25, -0.2) is 9.97 Å². The third-order valence-corrected chi connectivity index (χ3v) is 4.03. The van der Waals surface area contributed by atoms with Crippen LogP contribution >= 0.6 is 11.6 Å². The van der Waals surface area contributed by atoms with Gasteiger partial charge in [-0.3, -0.25) is 4.57 Å². The summed E-state index contributed by atoms with van der Waals surface area (Å²) in [5.41, 5.74) is 3.46. The normalized spacial score (nSPS) is 11.0. The second-order valence-electron chi connectivity index (χ2n) is 5.60. The summed E-state index contributed by atoms with van der Waals surface area (Å²) in [6, 6.07) is 14.5. The second kappa shape index (κ2) is 6.07. The molecule has 0 saturated heterocycles. The Bertz CT molecular complexity index is 1080. The predicted molar refractivity (Wildman–Crippen MR) is 97.8 cm³/mol. The van der Waals surface area contributed by atoms with Crippen LogP contribution in [0.4, 0.5) is 11.5 Å². The molecule has 2 heterocycles. The van der Waals surface area contributed by atoms with Crippen LogP contribution in [0.2, 0.25) is 5.15 Å². The summed E-state index contributed by atoms with van der Waals surface area (Å²) in [5, 5.41) is 13.2. The summed E-state index contributed by atoms with van der Waals surface area (Å²) in [4.78, 5) is 13.2. The number of anilines is 2. The van der Waals surface area contributed by atoms with E-state index in [1.54, 1.807) is 29.1 Å². The maximum atomic E-state index is 9.68. The van der Waals surface area contributed by atoms with E-state index in [1.807, 2.05) is 37.3 Å². The average molecular weight is 352 g/mol. The number of hydrogen-bond acceptors (Lipinski definition) is 5. The number of imidazole rings is 1. The fourth-order valence-corrected chi connectivity index (χ4v) is 2.76. The summed E-state index contributed by atoms with van der Waals surface area (Å²) in [5.74, 6) is 1.12. The Morgan fingerprint density at radius 2 is 1.92 bits per heavy atom. The summed E-state index contributed by atoms with van der Waals surface area (Å²) in [6.45, 7) is 1.94. The molecule has 6 nitrogen and oxygen atoms in total. The lowest BCUT2D eigenvalue weighted by Crippen LogP contribution is -2.04. The molecule has 2 aromatic carbocycles. The molecule has 25 heavy (non-hydrogen) atoms. The van der Waals surface area contributed by atoms with E-state index in [-0.39, 0.29) is 5.75 Å². The number of para-hydroxylation sites is 2. The standard InChI is InChI=1S/C18H14ClN5O/c1-11-6-7-12(25)8-14(11)21-17-9-16(19)22-18(23-17)24-10-20-13-4-2-3-5-15(13)24/h2-10,25H,1H3,(H,21,22,23). The molecule has 0 saturated carbocycles. The molecule has 0 spiro atoms. The van der Waals surface area contributed by atoms with Gasteiger partial charge in [-0.2, -0.15) is 4.98 Å². The van der Waals surface area contributed by atoms with Gasteiger partial charge in [-0.1, -0.05) is 29.8 Å². The molecule has 0 bridgehead atoms. The fourth-order valence-electron chi connectivity index (χ4n) is 2.58. The molecule has 4 rings (SSSR count). The van der Waals surface area contributed by atoms with Gasteiger partial charge in [0.05, 0.1) is 11.0 Å². The van der Waals surface area contributed by atoms with E-state index in [4.69, 9.17) is 11.6 Å². The molecule has 0 aliphatic rings. The molecule has 0 radical (unpaired) electrons. The van der Waals surface area contributed by atoms with E-state index in [0.717, 1.165) is 22.3 Å². The number of hydrogen-bond donors (Lipinski definition) is 2. The summed E-state index contributed by atoms with van der Waals surface area (Å²) < 4.78 is 1.78. The van der Waals surface area contributed by atoms with E-state index in [1.165, 1.54) is 0 Å². The Balaban J connectivity index is 1.77. The van der Waals surface area contributed by atoms with Crippen LogP contribution in [0.1, 0.15) is 5.56 Å². The van der Waals surface area contributed by atoms with Crippen molar-refractivity contribution in [1.82, 2.24) is 19.5 Å². The smallest absolute Gasteiger partial charge is 0.238 e. The lowest BCUT2D eigenvalue weighted by molar-refractivity contribution is 0.475. The van der Waals surface area contributed by atoms with Crippen LogP contribution in [-0.2, 0) is 0 Å². The number of benzene rings is 2. The van der Waals surface area contributed by atoms with Crippen molar-refractivity contribution in [2.45, 2.75) is 6.92 Å². The van der Waals surface area contributed by atoms with E-state index in [2.05, 4.69) is 20.3 Å². The van der Waals surface area contributed by atoms with E-state index >= 15 is 0 Å². The number of halogens is 1. The first-order valence-electron chi connectivity index (χ1n) is 7.64. The predicted octanol–water partition coefficient (Wildman–Crippen LogP) is 4.23. The minimum Gasteiger partial charge on any atom is -0.508 e. The van der Waals surface area contributed by atoms with Crippen LogP contribution < -0.4 is 5.32 Å². The van der Waals surface area contributed by atoms with Crippen LogP contribution in [0, 0.1) is 6.92 Å². The van der Waals surface area contributed by atoms with Gasteiger partial charge in [0.15, 0.2) is 0 Å². The third kappa shape index (κ3) is 2.99. The Hall–Kier alpha value is -3.12. The van der Waals surface area contributed by atoms with Gasteiger partial charge < -0.3 is 10.4 Å². The third-order valence-electron chi connectivity index (χ3n) is 3.84. The first-order valence-corrected chi connectivity index (χ1v) is 8.01. The maximum Gasteiger partial charge on any atom is 0.238 e. The fraction of sp³-hybridized carbons (Fsp3) is 0.0556. The molecule has 0 unspecified atom stereocenters. The van der Waals surface area contributed by atoms with Crippen molar-refractivity contribution in [1.29, 1.82) is 0 Å². The quantitative estimate of drug-likeness (QED) is 0.540. The first kappa shape index (κ1) is 15.4. The molecule has 4 aromatic rings. The first-order chi connectivity index (χ1) is 12.1. The van der Waals surface area contributed by atoms with Crippen molar-refractivity contribution >= 4 is 34.1 Å². The highest BCUT2D eigenvalue weighted by Crippen LogP contribution is 2.26. The largest absolute Gasteiger partial charge is 0.508 e. The van der Waals surface area contributed by atoms with Gasteiger partial charge in [0.1, 0.15) is 23.0 Å². The monoisotopic (exact) mass is 351 g/mol. The number of aromatic hydroxyl groups is 1. The molecule has 0 aliphatic carbocycles.